The van der Waals surface area contributed by atoms with Crippen LogP contribution in [0, 0.1) is 6.92 Å². The number of benzene rings is 1. The van der Waals surface area contributed by atoms with Crippen molar-refractivity contribution in [2.45, 2.75) is 26.8 Å². The summed E-state index contributed by atoms with van der Waals surface area (Å²) in [6.45, 7) is 8.62. The molecule has 0 radical (unpaired) electrons. The van der Waals surface area contributed by atoms with E-state index in [-0.39, 0.29) is 0 Å². The van der Waals surface area contributed by atoms with Crippen LogP contribution in [0.5, 0.6) is 0 Å². The van der Waals surface area contributed by atoms with Crippen LogP contribution in [0.2, 0.25) is 0 Å². The fourth-order valence-corrected chi connectivity index (χ4v) is 2.01. The van der Waals surface area contributed by atoms with Crippen LogP contribution >= 0.6 is 15.9 Å². The lowest BCUT2D eigenvalue weighted by molar-refractivity contribution is 0.324. The monoisotopic (exact) mass is 298 g/mol. The number of likely N-dealkylation sites (N-methyl/N-ethyl adjacent to an activating group) is 1. The average Bonchev–Trinajstić information content (AvgIpc) is 2.30. The number of nitrogens with zero attached hydrogens (tertiary/aromatic N) is 1. The first-order chi connectivity index (χ1) is 8.13. The third kappa shape index (κ3) is 5.66. The molecule has 0 heterocycles. The third-order valence-electron chi connectivity index (χ3n) is 2.77. The number of rotatable bonds is 7. The Balaban J connectivity index is 2.34. The second-order valence-electron chi connectivity index (χ2n) is 4.57. The molecule has 0 aromatic heterocycles. The van der Waals surface area contributed by atoms with E-state index < -0.39 is 0 Å². The van der Waals surface area contributed by atoms with Crippen LogP contribution in [0.3, 0.4) is 0 Å². The first-order valence-corrected chi connectivity index (χ1v) is 7.07. The lowest BCUT2D eigenvalue weighted by atomic mass is 10.1. The third-order valence-corrected chi connectivity index (χ3v) is 3.66. The maximum absolute atomic E-state index is 3.53. The molecule has 1 rings (SSSR count). The molecule has 0 bridgehead atoms. The minimum absolute atomic E-state index is 1.02. The van der Waals surface area contributed by atoms with E-state index in [4.69, 9.17) is 0 Å². The molecule has 0 aliphatic carbocycles. The van der Waals surface area contributed by atoms with Gasteiger partial charge in [-0.1, -0.05) is 35.0 Å². The summed E-state index contributed by atoms with van der Waals surface area (Å²) in [6.07, 6.45) is 1.20. The van der Waals surface area contributed by atoms with Crippen molar-refractivity contribution < 1.29 is 0 Å². The van der Waals surface area contributed by atoms with E-state index in [0.717, 1.165) is 26.2 Å². The molecule has 0 unspecified atom stereocenters. The zero-order chi connectivity index (χ0) is 12.7. The molecular formula is C14H23BrN2. The van der Waals surface area contributed by atoms with E-state index in [9.17, 15) is 0 Å². The lowest BCUT2D eigenvalue weighted by Crippen LogP contribution is -2.29. The molecule has 0 spiro atoms. The van der Waals surface area contributed by atoms with Crippen molar-refractivity contribution in [3.63, 3.8) is 0 Å². The molecule has 1 N–H and O–H groups in total. The van der Waals surface area contributed by atoms with Gasteiger partial charge in [0.25, 0.3) is 0 Å². The van der Waals surface area contributed by atoms with Gasteiger partial charge in [-0.15, -0.1) is 0 Å². The zero-order valence-electron chi connectivity index (χ0n) is 11.1. The Kier molecular flexibility index (Phi) is 6.78. The van der Waals surface area contributed by atoms with Gasteiger partial charge < -0.3 is 10.2 Å². The van der Waals surface area contributed by atoms with Crippen LogP contribution in [0.1, 0.15) is 24.5 Å². The van der Waals surface area contributed by atoms with Crippen molar-refractivity contribution in [2.75, 3.05) is 26.7 Å². The lowest BCUT2D eigenvalue weighted by Gasteiger charge is -2.17. The van der Waals surface area contributed by atoms with Crippen molar-refractivity contribution in [1.82, 2.24) is 10.2 Å². The van der Waals surface area contributed by atoms with Crippen molar-refractivity contribution in [3.8, 4) is 0 Å². The second-order valence-corrected chi connectivity index (χ2v) is 5.43. The van der Waals surface area contributed by atoms with Gasteiger partial charge in [0.05, 0.1) is 0 Å². The summed E-state index contributed by atoms with van der Waals surface area (Å²) in [6, 6.07) is 6.57. The summed E-state index contributed by atoms with van der Waals surface area (Å²) < 4.78 is 1.19. The van der Waals surface area contributed by atoms with Crippen molar-refractivity contribution in [3.05, 3.63) is 33.8 Å². The highest BCUT2D eigenvalue weighted by Crippen LogP contribution is 2.17. The smallest absolute Gasteiger partial charge is 0.0231 e. The van der Waals surface area contributed by atoms with Gasteiger partial charge in [0.2, 0.25) is 0 Å². The van der Waals surface area contributed by atoms with Gasteiger partial charge in [-0.2, -0.15) is 0 Å². The SMILES string of the molecule is CCCNCCN(C)Cc1ccc(Br)c(C)c1. The summed E-state index contributed by atoms with van der Waals surface area (Å²) in [4.78, 5) is 2.35. The number of halogens is 1. The minimum Gasteiger partial charge on any atom is -0.315 e. The molecule has 0 atom stereocenters. The molecule has 0 saturated heterocycles. The zero-order valence-corrected chi connectivity index (χ0v) is 12.7. The molecule has 0 saturated carbocycles. The quantitative estimate of drug-likeness (QED) is 0.778. The molecule has 3 heteroatoms. The molecule has 96 valence electrons. The first kappa shape index (κ1) is 14.7. The number of hydrogen-bond donors (Lipinski definition) is 1. The van der Waals surface area contributed by atoms with E-state index in [1.54, 1.807) is 0 Å². The van der Waals surface area contributed by atoms with Crippen molar-refractivity contribution in [1.29, 1.82) is 0 Å². The Morgan fingerprint density at radius 1 is 1.29 bits per heavy atom. The van der Waals surface area contributed by atoms with E-state index in [1.807, 2.05) is 0 Å². The highest BCUT2D eigenvalue weighted by Gasteiger charge is 2.01. The van der Waals surface area contributed by atoms with Crippen LogP contribution < -0.4 is 5.32 Å². The predicted molar refractivity (Wildman–Crippen MR) is 78.4 cm³/mol. The van der Waals surface area contributed by atoms with Crippen LogP contribution in [-0.4, -0.2) is 31.6 Å². The highest BCUT2D eigenvalue weighted by atomic mass is 79.9. The molecule has 2 nitrogen and oxygen atoms in total. The molecular weight excluding hydrogens is 276 g/mol. The Hall–Kier alpha value is -0.380. The van der Waals surface area contributed by atoms with Crippen LogP contribution in [0.15, 0.2) is 22.7 Å². The Morgan fingerprint density at radius 3 is 2.71 bits per heavy atom. The van der Waals surface area contributed by atoms with Gasteiger partial charge in [0.1, 0.15) is 0 Å². The Labute approximate surface area is 114 Å². The average molecular weight is 299 g/mol. The molecule has 17 heavy (non-hydrogen) atoms. The van der Waals surface area contributed by atoms with Gasteiger partial charge in [0, 0.05) is 24.1 Å². The number of nitrogens with one attached hydrogen (secondary N) is 1. The normalized spacial score (nSPS) is 11.1. The van der Waals surface area contributed by atoms with Crippen LogP contribution in [0.4, 0.5) is 0 Å². The van der Waals surface area contributed by atoms with Gasteiger partial charge in [-0.3, -0.25) is 0 Å². The summed E-state index contributed by atoms with van der Waals surface area (Å²) >= 11 is 3.53. The fraction of sp³-hybridized carbons (Fsp3) is 0.571. The number of hydrogen-bond acceptors (Lipinski definition) is 2. The van der Waals surface area contributed by atoms with Crippen LogP contribution in [-0.2, 0) is 6.54 Å². The summed E-state index contributed by atoms with van der Waals surface area (Å²) in [5.74, 6) is 0. The van der Waals surface area contributed by atoms with Gasteiger partial charge >= 0.3 is 0 Å². The predicted octanol–water partition coefficient (Wildman–Crippen LogP) is 3.19. The summed E-state index contributed by atoms with van der Waals surface area (Å²) in [5.41, 5.74) is 2.68. The maximum Gasteiger partial charge on any atom is 0.0231 e. The first-order valence-electron chi connectivity index (χ1n) is 6.27. The molecule has 0 fully saturated rings. The van der Waals surface area contributed by atoms with Gasteiger partial charge in [0.15, 0.2) is 0 Å². The summed E-state index contributed by atoms with van der Waals surface area (Å²) in [5, 5.41) is 3.42. The standard InChI is InChI=1S/C14H23BrN2/c1-4-7-16-8-9-17(3)11-13-5-6-14(15)12(2)10-13/h5-6,10,16H,4,7-9,11H2,1-3H3. The minimum atomic E-state index is 1.02. The fourth-order valence-electron chi connectivity index (χ4n) is 1.77. The van der Waals surface area contributed by atoms with Crippen LogP contribution in [0.25, 0.3) is 0 Å². The van der Waals surface area contributed by atoms with Crippen molar-refractivity contribution >= 4 is 15.9 Å². The summed E-state index contributed by atoms with van der Waals surface area (Å²) in [7, 11) is 2.17. The molecule has 0 aliphatic heterocycles. The number of aryl methyl sites for hydroxylation is 1. The van der Waals surface area contributed by atoms with E-state index in [1.165, 1.54) is 22.0 Å². The van der Waals surface area contributed by atoms with E-state index in [2.05, 4.69) is 65.2 Å². The Morgan fingerprint density at radius 2 is 2.06 bits per heavy atom. The van der Waals surface area contributed by atoms with Gasteiger partial charge in [-0.05, 0) is 44.1 Å². The second kappa shape index (κ2) is 7.85. The molecule has 1 aromatic carbocycles. The topological polar surface area (TPSA) is 15.3 Å². The molecule has 0 amide bonds. The highest BCUT2D eigenvalue weighted by molar-refractivity contribution is 9.10. The van der Waals surface area contributed by atoms with E-state index in [0.29, 0.717) is 0 Å². The maximum atomic E-state index is 3.53. The van der Waals surface area contributed by atoms with E-state index >= 15 is 0 Å². The largest absolute Gasteiger partial charge is 0.315 e. The van der Waals surface area contributed by atoms with Gasteiger partial charge in [-0.25, -0.2) is 0 Å². The molecule has 0 aliphatic rings. The van der Waals surface area contributed by atoms with Crippen molar-refractivity contribution in [2.24, 2.45) is 0 Å². The Bertz CT molecular complexity index is 339. The molecule has 1 aromatic rings.